The molecule has 0 saturated carbocycles. The molecule has 0 N–H and O–H groups in total. The summed E-state index contributed by atoms with van der Waals surface area (Å²) in [7, 11) is 1.76. The second kappa shape index (κ2) is 14.1. The van der Waals surface area contributed by atoms with Gasteiger partial charge in [-0.05, 0) is 32.6 Å². The van der Waals surface area contributed by atoms with Crippen LogP contribution in [0, 0.1) is 0 Å². The Morgan fingerprint density at radius 2 is 1.55 bits per heavy atom. The van der Waals surface area contributed by atoms with E-state index in [0.717, 1.165) is 43.7 Å². The fourth-order valence-electron chi connectivity index (χ4n) is 4.94. The molecule has 2 aliphatic heterocycles. The molecule has 4 heteroatoms. The first kappa shape index (κ1) is 24.2. The average Bonchev–Trinajstić information content (AvgIpc) is 3.26. The Balaban J connectivity index is 1.65. The van der Waals surface area contributed by atoms with Crippen LogP contribution in [0.3, 0.4) is 0 Å². The molecule has 0 aromatic carbocycles. The molecule has 2 atom stereocenters. The van der Waals surface area contributed by atoms with Crippen molar-refractivity contribution >= 4 is 5.97 Å². The molecule has 0 unspecified atom stereocenters. The first-order valence-corrected chi connectivity index (χ1v) is 12.4. The fourth-order valence-corrected chi connectivity index (χ4v) is 4.94. The quantitative estimate of drug-likeness (QED) is 0.219. The number of esters is 1. The van der Waals surface area contributed by atoms with E-state index < -0.39 is 0 Å². The van der Waals surface area contributed by atoms with E-state index in [1.54, 1.807) is 7.11 Å². The number of methoxy groups -OCH3 is 1. The molecule has 1 saturated heterocycles. The summed E-state index contributed by atoms with van der Waals surface area (Å²) in [6.45, 7) is 6.05. The highest BCUT2D eigenvalue weighted by Crippen LogP contribution is 2.34. The third kappa shape index (κ3) is 7.96. The molecule has 2 heterocycles. The van der Waals surface area contributed by atoms with E-state index in [1.807, 2.05) is 6.92 Å². The summed E-state index contributed by atoms with van der Waals surface area (Å²) < 4.78 is 11.0. The van der Waals surface area contributed by atoms with Crippen LogP contribution in [0.15, 0.2) is 11.3 Å². The Hall–Kier alpha value is -1.03. The minimum Gasteiger partial charge on any atom is -0.453 e. The molecule has 0 aliphatic carbocycles. The molecule has 0 amide bonds. The van der Waals surface area contributed by atoms with Crippen molar-refractivity contribution in [1.29, 1.82) is 0 Å². The van der Waals surface area contributed by atoms with Crippen molar-refractivity contribution in [2.24, 2.45) is 0 Å². The van der Waals surface area contributed by atoms with Gasteiger partial charge in [-0.15, -0.1) is 0 Å². The van der Waals surface area contributed by atoms with Crippen molar-refractivity contribution in [2.45, 2.75) is 122 Å². The molecular weight excluding hydrogens is 362 g/mol. The molecule has 1 fully saturated rings. The molecule has 0 radical (unpaired) electrons. The van der Waals surface area contributed by atoms with Crippen molar-refractivity contribution in [1.82, 2.24) is 4.90 Å². The van der Waals surface area contributed by atoms with Crippen LogP contribution in [0.25, 0.3) is 0 Å². The maximum atomic E-state index is 12.4. The summed E-state index contributed by atoms with van der Waals surface area (Å²) in [4.78, 5) is 14.8. The standard InChI is InChI=1S/C25H45NO3/c1-4-5-6-7-8-9-10-11-12-13-14-15-18-23-24(21(2)29-25(23)27)26-19-16-17-22(26)20-28-3/h21-22H,4-20H2,1-3H3/t21-,22-/m1/s1. The molecular formula is C25H45NO3. The van der Waals surface area contributed by atoms with Crippen LogP contribution >= 0.6 is 0 Å². The minimum atomic E-state index is -0.104. The lowest BCUT2D eigenvalue weighted by atomic mass is 10.0. The first-order valence-electron chi connectivity index (χ1n) is 12.4. The van der Waals surface area contributed by atoms with E-state index in [-0.39, 0.29) is 12.1 Å². The Bertz CT molecular complexity index is 502. The maximum Gasteiger partial charge on any atom is 0.336 e. The molecule has 0 bridgehead atoms. The number of unbranched alkanes of at least 4 members (excludes halogenated alkanes) is 11. The normalized spacial score (nSPS) is 22.0. The van der Waals surface area contributed by atoms with Crippen LogP contribution < -0.4 is 0 Å². The Morgan fingerprint density at radius 3 is 2.14 bits per heavy atom. The predicted molar refractivity (Wildman–Crippen MR) is 120 cm³/mol. The number of carbonyl (C=O) groups excluding carboxylic acids is 1. The Kier molecular flexibility index (Phi) is 11.8. The van der Waals surface area contributed by atoms with Crippen molar-refractivity contribution in [3.8, 4) is 0 Å². The van der Waals surface area contributed by atoms with Crippen LogP contribution in [-0.4, -0.2) is 43.3 Å². The van der Waals surface area contributed by atoms with E-state index in [0.29, 0.717) is 6.04 Å². The first-order chi connectivity index (χ1) is 14.2. The highest BCUT2D eigenvalue weighted by molar-refractivity contribution is 5.92. The number of likely N-dealkylation sites (tertiary alicyclic amines) is 1. The van der Waals surface area contributed by atoms with Gasteiger partial charge in [0.1, 0.15) is 6.10 Å². The lowest BCUT2D eigenvalue weighted by Gasteiger charge is -2.29. The smallest absolute Gasteiger partial charge is 0.336 e. The third-order valence-corrected chi connectivity index (χ3v) is 6.55. The summed E-state index contributed by atoms with van der Waals surface area (Å²) >= 11 is 0. The second-order valence-electron chi connectivity index (χ2n) is 9.00. The number of rotatable bonds is 16. The van der Waals surface area contributed by atoms with Gasteiger partial charge in [-0.3, -0.25) is 0 Å². The Labute approximate surface area is 179 Å². The highest BCUT2D eigenvalue weighted by Gasteiger charge is 2.38. The lowest BCUT2D eigenvalue weighted by Crippen LogP contribution is -2.35. The minimum absolute atomic E-state index is 0.0846. The molecule has 2 aliphatic rings. The number of ether oxygens (including phenoxy) is 2. The molecule has 0 aromatic heterocycles. The van der Waals surface area contributed by atoms with Crippen LogP contribution in [-0.2, 0) is 14.3 Å². The van der Waals surface area contributed by atoms with E-state index in [1.165, 1.54) is 77.0 Å². The van der Waals surface area contributed by atoms with E-state index in [2.05, 4.69) is 11.8 Å². The van der Waals surface area contributed by atoms with Crippen LogP contribution in [0.2, 0.25) is 0 Å². The average molecular weight is 408 g/mol. The number of cyclic esters (lactones) is 1. The van der Waals surface area contributed by atoms with Crippen LogP contribution in [0.1, 0.15) is 110 Å². The summed E-state index contributed by atoms with van der Waals surface area (Å²) in [5.41, 5.74) is 2.09. The van der Waals surface area contributed by atoms with E-state index in [4.69, 9.17) is 9.47 Å². The topological polar surface area (TPSA) is 38.8 Å². The summed E-state index contributed by atoms with van der Waals surface area (Å²) in [5, 5.41) is 0. The van der Waals surface area contributed by atoms with Gasteiger partial charge in [-0.25, -0.2) is 4.79 Å². The summed E-state index contributed by atoms with van der Waals surface area (Å²) in [5.74, 6) is -0.0846. The predicted octanol–water partition coefficient (Wildman–Crippen LogP) is 6.39. The highest BCUT2D eigenvalue weighted by atomic mass is 16.5. The Morgan fingerprint density at radius 1 is 0.966 bits per heavy atom. The molecule has 168 valence electrons. The monoisotopic (exact) mass is 407 g/mol. The molecule has 2 rings (SSSR count). The van der Waals surface area contributed by atoms with E-state index in [9.17, 15) is 4.79 Å². The molecule has 29 heavy (non-hydrogen) atoms. The van der Waals surface area contributed by atoms with Gasteiger partial charge >= 0.3 is 5.97 Å². The molecule has 0 aromatic rings. The van der Waals surface area contributed by atoms with Gasteiger partial charge in [0.2, 0.25) is 0 Å². The largest absolute Gasteiger partial charge is 0.453 e. The lowest BCUT2D eigenvalue weighted by molar-refractivity contribution is -0.139. The second-order valence-corrected chi connectivity index (χ2v) is 9.00. The SMILES string of the molecule is CCCCCCCCCCCCCCC1=C(N2CCC[C@@H]2COC)[C@@H](C)OC1=O. The van der Waals surface area contributed by atoms with Gasteiger partial charge in [-0.1, -0.05) is 77.6 Å². The third-order valence-electron chi connectivity index (χ3n) is 6.55. The summed E-state index contributed by atoms with van der Waals surface area (Å²) in [6, 6.07) is 0.393. The number of nitrogens with zero attached hydrogens (tertiary/aromatic N) is 1. The molecule has 0 spiro atoms. The van der Waals surface area contributed by atoms with Crippen LogP contribution in [0.5, 0.6) is 0 Å². The number of hydrogen-bond acceptors (Lipinski definition) is 4. The van der Waals surface area contributed by atoms with Gasteiger partial charge in [0.25, 0.3) is 0 Å². The zero-order chi connectivity index (χ0) is 20.9. The van der Waals surface area contributed by atoms with Crippen molar-refractivity contribution < 1.29 is 14.3 Å². The zero-order valence-corrected chi connectivity index (χ0v) is 19.3. The van der Waals surface area contributed by atoms with Gasteiger partial charge in [0, 0.05) is 13.7 Å². The van der Waals surface area contributed by atoms with Gasteiger partial charge in [0.15, 0.2) is 0 Å². The number of hydrogen-bond donors (Lipinski definition) is 0. The van der Waals surface area contributed by atoms with Crippen molar-refractivity contribution in [2.75, 3.05) is 20.3 Å². The maximum absolute atomic E-state index is 12.4. The van der Waals surface area contributed by atoms with Crippen molar-refractivity contribution in [3.05, 3.63) is 11.3 Å². The van der Waals surface area contributed by atoms with Crippen LogP contribution in [0.4, 0.5) is 0 Å². The fraction of sp³-hybridized carbons (Fsp3) is 0.880. The number of carbonyl (C=O) groups is 1. The zero-order valence-electron chi connectivity index (χ0n) is 19.3. The van der Waals surface area contributed by atoms with Gasteiger partial charge in [-0.2, -0.15) is 0 Å². The van der Waals surface area contributed by atoms with E-state index >= 15 is 0 Å². The van der Waals surface area contributed by atoms with Gasteiger partial charge < -0.3 is 14.4 Å². The summed E-state index contributed by atoms with van der Waals surface area (Å²) in [6.07, 6.45) is 19.2. The van der Waals surface area contributed by atoms with Crippen molar-refractivity contribution in [3.63, 3.8) is 0 Å². The van der Waals surface area contributed by atoms with Gasteiger partial charge in [0.05, 0.1) is 23.9 Å². The molecule has 4 nitrogen and oxygen atoms in total.